The number of benzene rings is 2. The third-order valence-electron chi connectivity index (χ3n) is 3.10. The average molecular weight is 341 g/mol. The minimum Gasteiger partial charge on any atom is -0.477 e. The number of hydrogen-bond donors (Lipinski definition) is 1. The molecule has 0 saturated heterocycles. The van der Waals surface area contributed by atoms with Crippen molar-refractivity contribution >= 4 is 28.8 Å². The van der Waals surface area contributed by atoms with Gasteiger partial charge in [-0.25, -0.2) is 10.1 Å². The summed E-state index contributed by atoms with van der Waals surface area (Å²) in [6.45, 7) is -0.408. The van der Waals surface area contributed by atoms with Gasteiger partial charge in [-0.15, -0.1) is 0 Å². The zero-order valence-electron chi connectivity index (χ0n) is 12.7. The first kappa shape index (κ1) is 16.1. The molecule has 3 rings (SSSR count). The molecule has 3 aromatic rings. The van der Waals surface area contributed by atoms with Crippen molar-refractivity contribution in [3.8, 4) is 5.75 Å². The van der Waals surface area contributed by atoms with Gasteiger partial charge < -0.3 is 4.74 Å². The quantitative estimate of drug-likeness (QED) is 0.409. The highest BCUT2D eigenvalue weighted by atomic mass is 16.6. The first-order chi connectivity index (χ1) is 12.1. The van der Waals surface area contributed by atoms with Crippen LogP contribution in [-0.4, -0.2) is 34.0 Å². The summed E-state index contributed by atoms with van der Waals surface area (Å²) in [6, 6.07) is 10.9. The summed E-state index contributed by atoms with van der Waals surface area (Å²) in [5, 5.41) is 22.0. The van der Waals surface area contributed by atoms with E-state index in [9.17, 15) is 14.9 Å². The molecule has 0 radical (unpaired) electrons. The molecule has 0 atom stereocenters. The number of hydrogen-bond acceptors (Lipinski definition) is 8. The fraction of sp³-hybridized carbons (Fsp3) is 0.0667. The normalized spacial score (nSPS) is 10.9. The Labute approximate surface area is 140 Å². The Kier molecular flexibility index (Phi) is 4.60. The average Bonchev–Trinajstić information content (AvgIpc) is 3.08. The van der Waals surface area contributed by atoms with Gasteiger partial charge in [-0.05, 0) is 34.1 Å². The largest absolute Gasteiger partial charge is 0.477 e. The molecule has 10 heteroatoms. The number of fused-ring (bicyclic) bond motifs is 1. The molecule has 0 aliphatic heterocycles. The van der Waals surface area contributed by atoms with Crippen LogP contribution >= 0.6 is 0 Å². The van der Waals surface area contributed by atoms with Crippen molar-refractivity contribution < 1.29 is 19.1 Å². The van der Waals surface area contributed by atoms with Gasteiger partial charge >= 0.3 is 5.69 Å². The van der Waals surface area contributed by atoms with Crippen molar-refractivity contribution in [2.45, 2.75) is 0 Å². The van der Waals surface area contributed by atoms with E-state index in [0.717, 1.165) is 0 Å². The van der Waals surface area contributed by atoms with E-state index in [1.54, 1.807) is 24.3 Å². The highest BCUT2D eigenvalue weighted by molar-refractivity contribution is 5.87. The molecule has 1 amide bonds. The van der Waals surface area contributed by atoms with E-state index in [0.29, 0.717) is 16.6 Å². The fourth-order valence-corrected chi connectivity index (χ4v) is 1.96. The number of ether oxygens (including phenoxy) is 1. The van der Waals surface area contributed by atoms with Crippen molar-refractivity contribution in [1.82, 2.24) is 15.7 Å². The van der Waals surface area contributed by atoms with Crippen LogP contribution in [0.4, 0.5) is 5.69 Å². The number of carbonyl (C=O) groups is 1. The van der Waals surface area contributed by atoms with E-state index in [1.807, 2.05) is 0 Å². The molecule has 0 saturated carbocycles. The van der Waals surface area contributed by atoms with Crippen molar-refractivity contribution in [2.24, 2.45) is 5.10 Å². The first-order valence-electron chi connectivity index (χ1n) is 7.04. The van der Waals surface area contributed by atoms with Crippen LogP contribution in [0.1, 0.15) is 5.56 Å². The molecule has 0 fully saturated rings. The second kappa shape index (κ2) is 7.17. The summed E-state index contributed by atoms with van der Waals surface area (Å²) in [5.41, 5.74) is 3.91. The minimum atomic E-state index is -0.583. The Hall–Kier alpha value is -3.82. The van der Waals surface area contributed by atoms with Crippen LogP contribution in [0.15, 0.2) is 52.2 Å². The van der Waals surface area contributed by atoms with Gasteiger partial charge in [0.2, 0.25) is 0 Å². The predicted octanol–water partition coefficient (Wildman–Crippen LogP) is 1.66. The third kappa shape index (κ3) is 3.93. The molecule has 1 N–H and O–H groups in total. The van der Waals surface area contributed by atoms with E-state index < -0.39 is 17.4 Å². The standard InChI is InChI=1S/C15H11N5O5/c21-15(9-24-14-4-2-1-3-13(14)20(22)23)17-16-8-10-5-6-11-12(7-10)19-25-18-11/h1-8H,9H2,(H,17,21)/b16-8+. The zero-order valence-corrected chi connectivity index (χ0v) is 12.7. The Morgan fingerprint density at radius 1 is 1.28 bits per heavy atom. The summed E-state index contributed by atoms with van der Waals surface area (Å²) >= 11 is 0. The van der Waals surface area contributed by atoms with Gasteiger partial charge in [-0.1, -0.05) is 18.2 Å². The lowest BCUT2D eigenvalue weighted by atomic mass is 10.2. The van der Waals surface area contributed by atoms with Crippen molar-refractivity contribution in [1.29, 1.82) is 0 Å². The lowest BCUT2D eigenvalue weighted by Crippen LogP contribution is -2.24. The number of nitro benzene ring substituents is 1. The first-order valence-corrected chi connectivity index (χ1v) is 7.04. The van der Waals surface area contributed by atoms with E-state index in [1.165, 1.54) is 24.4 Å². The lowest BCUT2D eigenvalue weighted by molar-refractivity contribution is -0.385. The van der Waals surface area contributed by atoms with Gasteiger partial charge in [0.15, 0.2) is 12.4 Å². The number of nitro groups is 1. The van der Waals surface area contributed by atoms with E-state index >= 15 is 0 Å². The van der Waals surface area contributed by atoms with Gasteiger partial charge in [0, 0.05) is 6.07 Å². The number of nitrogens with zero attached hydrogens (tertiary/aromatic N) is 4. The lowest BCUT2D eigenvalue weighted by Gasteiger charge is -2.05. The third-order valence-corrected chi connectivity index (χ3v) is 3.10. The summed E-state index contributed by atoms with van der Waals surface area (Å²) in [7, 11) is 0. The molecule has 1 aromatic heterocycles. The molecule has 1 heterocycles. The summed E-state index contributed by atoms with van der Waals surface area (Å²) in [5.74, 6) is -0.547. The van der Waals surface area contributed by atoms with Crippen molar-refractivity contribution in [2.75, 3.05) is 6.61 Å². The van der Waals surface area contributed by atoms with Crippen LogP contribution in [0.5, 0.6) is 5.75 Å². The Bertz CT molecular complexity index is 952. The maximum Gasteiger partial charge on any atom is 0.310 e. The number of carbonyl (C=O) groups excluding carboxylic acids is 1. The highest BCUT2D eigenvalue weighted by Crippen LogP contribution is 2.25. The van der Waals surface area contributed by atoms with Crippen LogP contribution in [0, 0.1) is 10.1 Å². The van der Waals surface area contributed by atoms with Crippen molar-refractivity contribution in [3.63, 3.8) is 0 Å². The van der Waals surface area contributed by atoms with Gasteiger partial charge in [0.1, 0.15) is 11.0 Å². The minimum absolute atomic E-state index is 0.00983. The zero-order chi connectivity index (χ0) is 17.6. The van der Waals surface area contributed by atoms with E-state index in [4.69, 9.17) is 4.74 Å². The summed E-state index contributed by atoms with van der Waals surface area (Å²) < 4.78 is 9.74. The van der Waals surface area contributed by atoms with E-state index in [-0.39, 0.29) is 11.4 Å². The van der Waals surface area contributed by atoms with Gasteiger partial charge in [-0.3, -0.25) is 14.9 Å². The molecule has 0 unspecified atom stereocenters. The van der Waals surface area contributed by atoms with Crippen LogP contribution in [0.25, 0.3) is 11.0 Å². The number of nitrogens with one attached hydrogen (secondary N) is 1. The van der Waals surface area contributed by atoms with Crippen LogP contribution in [0.2, 0.25) is 0 Å². The maximum atomic E-state index is 11.7. The number of para-hydroxylation sites is 2. The highest BCUT2D eigenvalue weighted by Gasteiger charge is 2.14. The van der Waals surface area contributed by atoms with E-state index in [2.05, 4.69) is 25.5 Å². The molecule has 0 aliphatic rings. The molecular formula is C15H11N5O5. The number of rotatable bonds is 6. The van der Waals surface area contributed by atoms with Gasteiger partial charge in [-0.2, -0.15) is 5.10 Å². The fourth-order valence-electron chi connectivity index (χ4n) is 1.96. The molecular weight excluding hydrogens is 330 g/mol. The Morgan fingerprint density at radius 3 is 2.92 bits per heavy atom. The summed E-state index contributed by atoms with van der Waals surface area (Å²) in [4.78, 5) is 22.0. The SMILES string of the molecule is O=C(COc1ccccc1[N+](=O)[O-])N/N=C/c1ccc2nonc2c1. The molecule has 0 bridgehead atoms. The Morgan fingerprint density at radius 2 is 2.08 bits per heavy atom. The Balaban J connectivity index is 1.55. The van der Waals surface area contributed by atoms with Crippen molar-refractivity contribution in [3.05, 3.63) is 58.1 Å². The van der Waals surface area contributed by atoms with Gasteiger partial charge in [0.25, 0.3) is 5.91 Å². The molecule has 25 heavy (non-hydrogen) atoms. The van der Waals surface area contributed by atoms with Gasteiger partial charge in [0.05, 0.1) is 11.1 Å². The molecule has 126 valence electrons. The second-order valence-electron chi connectivity index (χ2n) is 4.82. The predicted molar refractivity (Wildman–Crippen MR) is 86.1 cm³/mol. The monoisotopic (exact) mass is 341 g/mol. The number of aromatic nitrogens is 2. The topological polar surface area (TPSA) is 133 Å². The van der Waals surface area contributed by atoms with Crippen LogP contribution in [-0.2, 0) is 4.79 Å². The number of amides is 1. The second-order valence-corrected chi connectivity index (χ2v) is 4.82. The van der Waals surface area contributed by atoms with Crippen LogP contribution in [0.3, 0.4) is 0 Å². The molecule has 0 spiro atoms. The maximum absolute atomic E-state index is 11.7. The molecule has 0 aliphatic carbocycles. The molecule has 2 aromatic carbocycles. The smallest absolute Gasteiger partial charge is 0.310 e. The van der Waals surface area contributed by atoms with Crippen LogP contribution < -0.4 is 10.2 Å². The summed E-state index contributed by atoms with van der Waals surface area (Å²) in [6.07, 6.45) is 1.41. The number of hydrazone groups is 1. The molecule has 10 nitrogen and oxygen atoms in total.